The summed E-state index contributed by atoms with van der Waals surface area (Å²) in [6.07, 6.45) is 5.96. The molecule has 0 spiro atoms. The van der Waals surface area contributed by atoms with Gasteiger partial charge in [-0.1, -0.05) is 60.7 Å². The average molecular weight is 547 g/mol. The molecule has 0 amide bonds. The predicted molar refractivity (Wildman–Crippen MR) is 157 cm³/mol. The van der Waals surface area contributed by atoms with Gasteiger partial charge in [0.1, 0.15) is 0 Å². The van der Waals surface area contributed by atoms with Crippen LogP contribution in [0.4, 0.5) is 0 Å². The van der Waals surface area contributed by atoms with Gasteiger partial charge < -0.3 is 9.47 Å². The van der Waals surface area contributed by atoms with Crippen LogP contribution in [0, 0.1) is 0 Å². The summed E-state index contributed by atoms with van der Waals surface area (Å²) < 4.78 is 10.8. The summed E-state index contributed by atoms with van der Waals surface area (Å²) in [6, 6.07) is 25.1. The summed E-state index contributed by atoms with van der Waals surface area (Å²) in [7, 11) is 0. The van der Waals surface area contributed by atoms with Crippen LogP contribution >= 0.6 is 0 Å². The Morgan fingerprint density at radius 1 is 0.610 bits per heavy atom. The molecule has 0 fully saturated rings. The highest BCUT2D eigenvalue weighted by Gasteiger charge is 2.53. The maximum atomic E-state index is 12.9. The zero-order valence-electron chi connectivity index (χ0n) is 23.6. The van der Waals surface area contributed by atoms with E-state index in [9.17, 15) is 9.59 Å². The third-order valence-corrected chi connectivity index (χ3v) is 8.77. The van der Waals surface area contributed by atoms with Crippen molar-refractivity contribution in [3.63, 3.8) is 0 Å². The van der Waals surface area contributed by atoms with Crippen LogP contribution in [0.5, 0.6) is 0 Å². The van der Waals surface area contributed by atoms with Crippen LogP contribution in [0.25, 0.3) is 22.5 Å². The first kappa shape index (κ1) is 26.9. The zero-order chi connectivity index (χ0) is 28.5. The van der Waals surface area contributed by atoms with Crippen molar-refractivity contribution in [2.45, 2.75) is 56.8 Å². The topological polar surface area (TPSA) is 78.4 Å². The van der Waals surface area contributed by atoms with E-state index in [2.05, 4.69) is 48.5 Å². The number of hydrogen-bond donors (Lipinski definition) is 0. The number of carbonyl (C=O) groups is 2. The monoisotopic (exact) mass is 546 g/mol. The van der Waals surface area contributed by atoms with Crippen LogP contribution in [-0.4, -0.2) is 35.1 Å². The quantitative estimate of drug-likeness (QED) is 0.204. The van der Waals surface area contributed by atoms with Gasteiger partial charge in [-0.15, -0.1) is 0 Å². The Labute approximate surface area is 240 Å². The summed E-state index contributed by atoms with van der Waals surface area (Å²) >= 11 is 0. The molecule has 2 aromatic heterocycles. The molecule has 2 aliphatic rings. The van der Waals surface area contributed by atoms with Crippen molar-refractivity contribution in [3.05, 3.63) is 107 Å². The molecule has 2 heterocycles. The number of rotatable bonds is 10. The molecule has 0 saturated carbocycles. The fraction of sp³-hybridized carbons (Fsp3) is 0.314. The van der Waals surface area contributed by atoms with Crippen molar-refractivity contribution >= 4 is 11.9 Å². The smallest absolute Gasteiger partial charge is 0.305 e. The van der Waals surface area contributed by atoms with Crippen molar-refractivity contribution < 1.29 is 19.1 Å². The van der Waals surface area contributed by atoms with E-state index in [0.717, 1.165) is 44.8 Å². The van der Waals surface area contributed by atoms with Gasteiger partial charge in [-0.3, -0.25) is 19.6 Å². The number of benzene rings is 2. The lowest BCUT2D eigenvalue weighted by Gasteiger charge is -2.42. The number of fused-ring (bicyclic) bond motifs is 6. The number of nitrogens with zero attached hydrogens (tertiary/aromatic N) is 2. The lowest BCUT2D eigenvalue weighted by Crippen LogP contribution is -2.39. The molecule has 6 heteroatoms. The highest BCUT2D eigenvalue weighted by Crippen LogP contribution is 2.61. The number of aromatic nitrogens is 2. The standard InChI is InChI=1S/C35H34N2O4/c1-3-40-30(38)17-19-34(26-13-7-5-11-24(26)32-28(34)15-9-21-36-32)23-35(20-18-31(39)41-4-2)27-14-8-6-12-25(27)33-29(35)16-10-22-37-33/h5-16,21-22H,3-4,17-20,23H2,1-2H3. The Bertz CT molecular complexity index is 1400. The highest BCUT2D eigenvalue weighted by molar-refractivity contribution is 5.82. The molecule has 0 bridgehead atoms. The SMILES string of the molecule is CCOC(=O)CCC1(CC2(CCC(=O)OCC)c3ccccc3-c3ncccc32)c2ccccc2-c2ncccc21. The Morgan fingerprint density at radius 3 is 1.46 bits per heavy atom. The van der Waals surface area contributed by atoms with Crippen LogP contribution in [0.3, 0.4) is 0 Å². The molecule has 0 aliphatic heterocycles. The van der Waals surface area contributed by atoms with Crippen molar-refractivity contribution in [2.75, 3.05) is 13.2 Å². The minimum absolute atomic E-state index is 0.212. The van der Waals surface area contributed by atoms with E-state index in [1.165, 1.54) is 0 Å². The fourth-order valence-electron chi connectivity index (χ4n) is 7.22. The summed E-state index contributed by atoms with van der Waals surface area (Å²) in [5.74, 6) is -0.424. The van der Waals surface area contributed by atoms with E-state index in [0.29, 0.717) is 32.5 Å². The molecule has 2 aliphatic carbocycles. The van der Waals surface area contributed by atoms with Gasteiger partial charge in [-0.25, -0.2) is 0 Å². The van der Waals surface area contributed by atoms with E-state index in [1.54, 1.807) is 0 Å². The molecular weight excluding hydrogens is 512 g/mol. The maximum Gasteiger partial charge on any atom is 0.305 e. The Hall–Kier alpha value is -4.32. The Balaban J connectivity index is 1.58. The Kier molecular flexibility index (Phi) is 7.16. The van der Waals surface area contributed by atoms with Gasteiger partial charge in [0.25, 0.3) is 0 Å². The molecule has 0 radical (unpaired) electrons. The van der Waals surface area contributed by atoms with E-state index in [1.807, 2.05) is 50.5 Å². The normalized spacial score (nSPS) is 19.6. The molecule has 4 aromatic rings. The van der Waals surface area contributed by atoms with Gasteiger partial charge >= 0.3 is 11.9 Å². The van der Waals surface area contributed by atoms with E-state index in [4.69, 9.17) is 19.4 Å². The second kappa shape index (κ2) is 10.9. The molecule has 0 saturated heterocycles. The molecule has 208 valence electrons. The maximum absolute atomic E-state index is 12.9. The minimum Gasteiger partial charge on any atom is -0.466 e. The number of esters is 2. The molecule has 6 nitrogen and oxygen atoms in total. The van der Waals surface area contributed by atoms with Crippen LogP contribution in [-0.2, 0) is 29.9 Å². The van der Waals surface area contributed by atoms with Crippen molar-refractivity contribution in [2.24, 2.45) is 0 Å². The first-order valence-corrected chi connectivity index (χ1v) is 14.5. The lowest BCUT2D eigenvalue weighted by atomic mass is 9.60. The second-order valence-corrected chi connectivity index (χ2v) is 10.8. The van der Waals surface area contributed by atoms with Gasteiger partial charge in [0.2, 0.25) is 0 Å². The van der Waals surface area contributed by atoms with Crippen LogP contribution in [0.15, 0.2) is 85.2 Å². The first-order chi connectivity index (χ1) is 20.0. The summed E-state index contributed by atoms with van der Waals surface area (Å²) in [5.41, 5.74) is 7.50. The second-order valence-electron chi connectivity index (χ2n) is 10.8. The third kappa shape index (κ3) is 4.42. The van der Waals surface area contributed by atoms with Gasteiger partial charge in [-0.2, -0.15) is 0 Å². The fourth-order valence-corrected chi connectivity index (χ4v) is 7.22. The molecular formula is C35H34N2O4. The molecule has 2 aromatic carbocycles. The van der Waals surface area contributed by atoms with Crippen molar-refractivity contribution in [1.29, 1.82) is 0 Å². The average Bonchev–Trinajstić information content (AvgIpc) is 3.44. The third-order valence-electron chi connectivity index (χ3n) is 8.77. The number of carbonyl (C=O) groups excluding carboxylic acids is 2. The summed E-state index contributed by atoms with van der Waals surface area (Å²) in [5, 5.41) is 0. The molecule has 0 N–H and O–H groups in total. The lowest BCUT2D eigenvalue weighted by molar-refractivity contribution is -0.144. The number of ether oxygens (including phenoxy) is 2. The minimum atomic E-state index is -0.549. The van der Waals surface area contributed by atoms with Crippen LogP contribution in [0.2, 0.25) is 0 Å². The van der Waals surface area contributed by atoms with E-state index in [-0.39, 0.29) is 24.8 Å². The van der Waals surface area contributed by atoms with Crippen molar-refractivity contribution in [3.8, 4) is 22.5 Å². The predicted octanol–water partition coefficient (Wildman–Crippen LogP) is 6.79. The van der Waals surface area contributed by atoms with E-state index < -0.39 is 10.8 Å². The van der Waals surface area contributed by atoms with Crippen LogP contribution < -0.4 is 0 Å². The van der Waals surface area contributed by atoms with Crippen molar-refractivity contribution in [1.82, 2.24) is 9.97 Å². The zero-order valence-corrected chi connectivity index (χ0v) is 23.6. The molecule has 2 unspecified atom stereocenters. The molecule has 2 atom stereocenters. The van der Waals surface area contributed by atoms with Gasteiger partial charge in [-0.05, 0) is 67.5 Å². The largest absolute Gasteiger partial charge is 0.466 e. The highest BCUT2D eigenvalue weighted by atomic mass is 16.5. The molecule has 6 rings (SSSR count). The van der Waals surface area contributed by atoms with Gasteiger partial charge in [0.05, 0.1) is 24.6 Å². The van der Waals surface area contributed by atoms with E-state index >= 15 is 0 Å². The number of pyridine rings is 2. The summed E-state index contributed by atoms with van der Waals surface area (Å²) in [4.78, 5) is 35.4. The summed E-state index contributed by atoms with van der Waals surface area (Å²) in [6.45, 7) is 4.36. The number of hydrogen-bond acceptors (Lipinski definition) is 6. The van der Waals surface area contributed by atoms with Gasteiger partial charge in [0.15, 0.2) is 0 Å². The van der Waals surface area contributed by atoms with Gasteiger partial charge in [0, 0.05) is 47.2 Å². The Morgan fingerprint density at radius 2 is 1.02 bits per heavy atom. The van der Waals surface area contributed by atoms with Crippen LogP contribution in [0.1, 0.15) is 68.2 Å². The first-order valence-electron chi connectivity index (χ1n) is 14.5. The molecule has 41 heavy (non-hydrogen) atoms.